The number of amides is 5. The first-order chi connectivity index (χ1) is 16.2. The lowest BCUT2D eigenvalue weighted by atomic mass is 9.66. The number of barbiturate groups is 1. The van der Waals surface area contributed by atoms with Crippen LogP contribution in [0.4, 0.5) is 19.7 Å². The van der Waals surface area contributed by atoms with Crippen molar-refractivity contribution in [2.24, 2.45) is 5.41 Å². The number of benzene rings is 1. The SMILES string of the molecule is CCNC(=O)Oc1noc2c(F)c3c(cc12)CC1(C(=O)NC(=O)NC1=O)[C@H]1[C@H](C)O[C@H](C)CN31. The highest BCUT2D eigenvalue weighted by atomic mass is 19.1. The fourth-order valence-corrected chi connectivity index (χ4v) is 5.27. The Bertz CT molecular complexity index is 1220. The van der Waals surface area contributed by atoms with Crippen molar-refractivity contribution in [3.8, 4) is 5.88 Å². The van der Waals surface area contributed by atoms with E-state index < -0.39 is 47.3 Å². The van der Waals surface area contributed by atoms with E-state index >= 15 is 4.39 Å². The van der Waals surface area contributed by atoms with E-state index in [9.17, 15) is 19.2 Å². The normalized spacial score (nSPS) is 25.5. The van der Waals surface area contributed by atoms with Gasteiger partial charge in [0.1, 0.15) is 0 Å². The minimum Gasteiger partial charge on any atom is -0.387 e. The van der Waals surface area contributed by atoms with Crippen LogP contribution in [0.3, 0.4) is 0 Å². The van der Waals surface area contributed by atoms with Crippen LogP contribution in [0.15, 0.2) is 10.6 Å². The zero-order valence-electron chi connectivity index (χ0n) is 18.6. The molecule has 3 aliphatic heterocycles. The van der Waals surface area contributed by atoms with Crippen molar-refractivity contribution in [2.75, 3.05) is 18.0 Å². The topological polar surface area (TPSA) is 152 Å². The van der Waals surface area contributed by atoms with Crippen LogP contribution in [-0.4, -0.2) is 60.4 Å². The first kappa shape index (κ1) is 22.1. The predicted molar refractivity (Wildman–Crippen MR) is 113 cm³/mol. The molecule has 1 spiro atoms. The number of morpholine rings is 1. The number of halogens is 1. The highest BCUT2D eigenvalue weighted by Gasteiger charge is 2.63. The highest BCUT2D eigenvalue weighted by Crippen LogP contribution is 2.49. The molecule has 2 saturated heterocycles. The molecule has 13 heteroatoms. The van der Waals surface area contributed by atoms with Gasteiger partial charge in [0.2, 0.25) is 17.4 Å². The standard InChI is InChI=1S/C21H22FN5O7/c1-4-23-20(31)33-16-11-5-10-6-21(17(28)24-19(30)25-18(21)29)15-9(3)32-8(2)7-27(15)13(10)12(22)14(11)34-26-16/h5,8-9,15H,4,6-7H2,1-3H3,(H,23,31)(H2,24,25,28,29,30)/t8-,9+,15-/m1/s1. The van der Waals surface area contributed by atoms with Crippen molar-refractivity contribution in [3.05, 3.63) is 17.4 Å². The number of imide groups is 2. The summed E-state index contributed by atoms with van der Waals surface area (Å²) in [6, 6.07) is -0.335. The van der Waals surface area contributed by atoms with Crippen LogP contribution in [0.2, 0.25) is 0 Å². The Labute approximate surface area is 192 Å². The molecular formula is C21H22FN5O7. The maximum Gasteiger partial charge on any atom is 0.414 e. The number of urea groups is 1. The van der Waals surface area contributed by atoms with Crippen molar-refractivity contribution in [2.45, 2.75) is 45.4 Å². The van der Waals surface area contributed by atoms with E-state index in [1.807, 2.05) is 0 Å². The van der Waals surface area contributed by atoms with Gasteiger partial charge in [-0.15, -0.1) is 0 Å². The number of carbonyl (C=O) groups is 4. The van der Waals surface area contributed by atoms with Gasteiger partial charge < -0.3 is 24.2 Å². The van der Waals surface area contributed by atoms with Crippen molar-refractivity contribution < 1.29 is 37.6 Å². The number of nitrogens with zero attached hydrogens (tertiary/aromatic N) is 2. The third-order valence-electron chi connectivity index (χ3n) is 6.44. The molecule has 0 saturated carbocycles. The second-order valence-corrected chi connectivity index (χ2v) is 8.62. The first-order valence-electron chi connectivity index (χ1n) is 10.8. The summed E-state index contributed by atoms with van der Waals surface area (Å²) >= 11 is 0. The van der Waals surface area contributed by atoms with Gasteiger partial charge in [0.25, 0.3) is 5.88 Å². The number of aromatic nitrogens is 1. The van der Waals surface area contributed by atoms with E-state index in [0.717, 1.165) is 0 Å². The molecule has 3 aliphatic rings. The Hall–Kier alpha value is -3.74. The van der Waals surface area contributed by atoms with Gasteiger partial charge in [-0.3, -0.25) is 20.2 Å². The minimum atomic E-state index is -1.77. The summed E-state index contributed by atoms with van der Waals surface area (Å²) in [6.07, 6.45) is -2.02. The molecule has 0 unspecified atom stereocenters. The second kappa shape index (κ2) is 7.65. The molecule has 1 aromatic carbocycles. The lowest BCUT2D eigenvalue weighted by Crippen LogP contribution is -2.75. The van der Waals surface area contributed by atoms with Crippen molar-refractivity contribution >= 4 is 40.6 Å². The molecule has 0 radical (unpaired) electrons. The smallest absolute Gasteiger partial charge is 0.387 e. The zero-order valence-corrected chi connectivity index (χ0v) is 18.6. The van der Waals surface area contributed by atoms with E-state index in [-0.39, 0.29) is 41.6 Å². The van der Waals surface area contributed by atoms with Crippen LogP contribution in [0.25, 0.3) is 11.0 Å². The first-order valence-corrected chi connectivity index (χ1v) is 10.8. The Morgan fingerprint density at radius 3 is 2.71 bits per heavy atom. The quantitative estimate of drug-likeness (QED) is 0.539. The van der Waals surface area contributed by atoms with E-state index in [1.54, 1.807) is 25.7 Å². The Balaban J connectivity index is 1.70. The van der Waals surface area contributed by atoms with Gasteiger partial charge in [-0.2, -0.15) is 0 Å². The number of fused-ring (bicyclic) bond motifs is 5. The molecule has 180 valence electrons. The molecule has 0 bridgehead atoms. The van der Waals surface area contributed by atoms with Crippen LogP contribution in [-0.2, 0) is 20.7 Å². The Kier molecular flexibility index (Phi) is 4.97. The van der Waals surface area contributed by atoms with Gasteiger partial charge in [0.15, 0.2) is 11.2 Å². The Morgan fingerprint density at radius 1 is 1.32 bits per heavy atom. The van der Waals surface area contributed by atoms with E-state index in [1.165, 1.54) is 6.07 Å². The summed E-state index contributed by atoms with van der Waals surface area (Å²) in [5, 5.41) is 10.5. The van der Waals surface area contributed by atoms with E-state index in [4.69, 9.17) is 14.0 Å². The van der Waals surface area contributed by atoms with Crippen molar-refractivity contribution in [1.82, 2.24) is 21.1 Å². The zero-order chi connectivity index (χ0) is 24.4. The fourth-order valence-electron chi connectivity index (χ4n) is 5.27. The maximum absolute atomic E-state index is 15.9. The lowest BCUT2D eigenvalue weighted by molar-refractivity contribution is -0.153. The summed E-state index contributed by atoms with van der Waals surface area (Å²) in [4.78, 5) is 51.7. The molecule has 5 amide bonds. The van der Waals surface area contributed by atoms with Gasteiger partial charge in [0, 0.05) is 19.5 Å². The molecule has 12 nitrogen and oxygen atoms in total. The molecular weight excluding hydrogens is 453 g/mol. The highest BCUT2D eigenvalue weighted by molar-refractivity contribution is 6.20. The van der Waals surface area contributed by atoms with E-state index in [0.29, 0.717) is 12.1 Å². The summed E-state index contributed by atoms with van der Waals surface area (Å²) in [6.45, 7) is 5.67. The maximum atomic E-state index is 15.9. The number of hydrogen-bond acceptors (Lipinski definition) is 9. The van der Waals surface area contributed by atoms with Gasteiger partial charge in [-0.05, 0) is 37.6 Å². The number of hydrogen-bond donors (Lipinski definition) is 3. The largest absolute Gasteiger partial charge is 0.414 e. The molecule has 2 aromatic rings. The minimum absolute atomic E-state index is 0.0677. The van der Waals surface area contributed by atoms with Crippen molar-refractivity contribution in [3.63, 3.8) is 0 Å². The molecule has 3 atom stereocenters. The lowest BCUT2D eigenvalue weighted by Gasteiger charge is -2.55. The summed E-state index contributed by atoms with van der Waals surface area (Å²) in [5.41, 5.74) is -1.56. The molecule has 2 fully saturated rings. The van der Waals surface area contributed by atoms with Crippen LogP contribution in [0.5, 0.6) is 5.88 Å². The third-order valence-corrected chi connectivity index (χ3v) is 6.44. The second-order valence-electron chi connectivity index (χ2n) is 8.62. The van der Waals surface area contributed by atoms with Gasteiger partial charge in [0.05, 0.1) is 29.3 Å². The van der Waals surface area contributed by atoms with Gasteiger partial charge in [-0.25, -0.2) is 14.0 Å². The molecule has 5 rings (SSSR count). The van der Waals surface area contributed by atoms with Crippen LogP contribution in [0, 0.1) is 11.2 Å². The van der Waals surface area contributed by atoms with Crippen LogP contribution in [0.1, 0.15) is 26.3 Å². The van der Waals surface area contributed by atoms with Gasteiger partial charge >= 0.3 is 12.1 Å². The number of carbonyl (C=O) groups excluding carboxylic acids is 4. The number of anilines is 1. The van der Waals surface area contributed by atoms with Crippen LogP contribution >= 0.6 is 0 Å². The predicted octanol–water partition coefficient (Wildman–Crippen LogP) is 0.966. The molecule has 0 aliphatic carbocycles. The molecule has 4 heterocycles. The average Bonchev–Trinajstić information content (AvgIpc) is 3.14. The summed E-state index contributed by atoms with van der Waals surface area (Å²) in [7, 11) is 0. The number of nitrogens with one attached hydrogen (secondary N) is 3. The van der Waals surface area contributed by atoms with Crippen molar-refractivity contribution in [1.29, 1.82) is 0 Å². The molecule has 34 heavy (non-hydrogen) atoms. The number of rotatable bonds is 2. The molecule has 1 aromatic heterocycles. The Morgan fingerprint density at radius 2 is 2.03 bits per heavy atom. The monoisotopic (exact) mass is 475 g/mol. The fraction of sp³-hybridized carbons (Fsp3) is 0.476. The average molecular weight is 475 g/mol. The summed E-state index contributed by atoms with van der Waals surface area (Å²) in [5.74, 6) is -2.61. The van der Waals surface area contributed by atoms with Gasteiger partial charge in [-0.1, -0.05) is 0 Å². The number of ether oxygens (including phenoxy) is 2. The summed E-state index contributed by atoms with van der Waals surface area (Å²) < 4.78 is 32.1. The third kappa shape index (κ3) is 3.03. The molecule has 3 N–H and O–H groups in total. The van der Waals surface area contributed by atoms with Crippen LogP contribution < -0.4 is 25.6 Å². The van der Waals surface area contributed by atoms with E-state index in [2.05, 4.69) is 21.1 Å².